The second kappa shape index (κ2) is 8.98. The van der Waals surface area contributed by atoms with Gasteiger partial charge in [-0.3, -0.25) is 14.6 Å². The van der Waals surface area contributed by atoms with Gasteiger partial charge < -0.3 is 14.6 Å². The molecule has 0 saturated carbocycles. The number of halogens is 1. The van der Waals surface area contributed by atoms with E-state index in [2.05, 4.69) is 10.3 Å². The first-order chi connectivity index (χ1) is 14.5. The fourth-order valence-electron chi connectivity index (χ4n) is 3.82. The third-order valence-electron chi connectivity index (χ3n) is 5.58. The van der Waals surface area contributed by atoms with Gasteiger partial charge in [0.15, 0.2) is 0 Å². The summed E-state index contributed by atoms with van der Waals surface area (Å²) in [5.74, 6) is 0.119. The van der Waals surface area contributed by atoms with E-state index in [1.807, 2.05) is 25.2 Å². The zero-order chi connectivity index (χ0) is 21.1. The predicted octanol–water partition coefficient (Wildman–Crippen LogP) is 3.49. The Morgan fingerprint density at radius 3 is 2.73 bits per heavy atom. The quantitative estimate of drug-likeness (QED) is 0.679. The van der Waals surface area contributed by atoms with Crippen molar-refractivity contribution >= 4 is 28.4 Å². The van der Waals surface area contributed by atoms with Gasteiger partial charge in [-0.15, -0.1) is 0 Å². The van der Waals surface area contributed by atoms with Gasteiger partial charge in [0.1, 0.15) is 5.56 Å². The van der Waals surface area contributed by atoms with E-state index in [0.717, 1.165) is 43.7 Å². The number of benzene rings is 1. The average Bonchev–Trinajstić information content (AvgIpc) is 2.76. The summed E-state index contributed by atoms with van der Waals surface area (Å²) < 4.78 is 7.20. The molecule has 1 aromatic carbocycles. The number of carbonyl (C=O) groups is 1. The largest absolute Gasteiger partial charge is 0.381 e. The van der Waals surface area contributed by atoms with E-state index in [0.29, 0.717) is 28.4 Å². The number of aryl methyl sites for hydroxylation is 1. The summed E-state index contributed by atoms with van der Waals surface area (Å²) >= 11 is 5.90. The van der Waals surface area contributed by atoms with Crippen LogP contribution in [-0.2, 0) is 24.8 Å². The van der Waals surface area contributed by atoms with E-state index < -0.39 is 5.91 Å². The Balaban J connectivity index is 1.58. The Hall–Kier alpha value is -2.70. The highest BCUT2D eigenvalue weighted by atomic mass is 35.5. The van der Waals surface area contributed by atoms with E-state index in [1.54, 1.807) is 29.1 Å². The second-order valence-corrected chi connectivity index (χ2v) is 8.18. The van der Waals surface area contributed by atoms with E-state index in [-0.39, 0.29) is 11.0 Å². The molecule has 2 aromatic heterocycles. The van der Waals surface area contributed by atoms with Crippen LogP contribution in [0.15, 0.2) is 47.5 Å². The summed E-state index contributed by atoms with van der Waals surface area (Å²) in [5, 5.41) is 3.98. The van der Waals surface area contributed by atoms with Gasteiger partial charge in [-0.25, -0.2) is 0 Å². The molecule has 0 atom stereocenters. The van der Waals surface area contributed by atoms with Crippen molar-refractivity contribution in [1.29, 1.82) is 0 Å². The fourth-order valence-corrected chi connectivity index (χ4v) is 3.95. The van der Waals surface area contributed by atoms with Crippen LogP contribution < -0.4 is 10.7 Å². The van der Waals surface area contributed by atoms with Gasteiger partial charge >= 0.3 is 0 Å². The number of pyridine rings is 2. The highest BCUT2D eigenvalue weighted by molar-refractivity contribution is 6.30. The summed E-state index contributed by atoms with van der Waals surface area (Å²) in [7, 11) is 1.82. The molecule has 0 aliphatic carbocycles. The lowest BCUT2D eigenvalue weighted by Crippen LogP contribution is -2.29. The van der Waals surface area contributed by atoms with Crippen LogP contribution in [0, 0.1) is 5.92 Å². The molecular weight excluding hydrogens is 402 g/mol. The number of ether oxygens (including phenoxy) is 1. The van der Waals surface area contributed by atoms with Crippen molar-refractivity contribution in [2.24, 2.45) is 13.0 Å². The van der Waals surface area contributed by atoms with Gasteiger partial charge in [-0.1, -0.05) is 23.7 Å². The maximum absolute atomic E-state index is 13.1. The highest BCUT2D eigenvalue weighted by Gasteiger charge is 2.18. The molecule has 156 valence electrons. The minimum atomic E-state index is -0.393. The molecule has 1 saturated heterocycles. The number of rotatable bonds is 5. The normalized spacial score (nSPS) is 14.7. The van der Waals surface area contributed by atoms with Crippen LogP contribution in [0.25, 0.3) is 10.9 Å². The first-order valence-corrected chi connectivity index (χ1v) is 10.5. The van der Waals surface area contributed by atoms with Gasteiger partial charge in [0.05, 0.1) is 11.7 Å². The van der Waals surface area contributed by atoms with Gasteiger partial charge in [-0.2, -0.15) is 0 Å². The Kier molecular flexibility index (Phi) is 6.16. The Morgan fingerprint density at radius 1 is 1.27 bits per heavy atom. The number of nitrogens with one attached hydrogen (secondary N) is 1. The molecule has 1 aliphatic heterocycles. The summed E-state index contributed by atoms with van der Waals surface area (Å²) in [5.41, 5.74) is 2.36. The van der Waals surface area contributed by atoms with Gasteiger partial charge in [-0.05, 0) is 48.9 Å². The molecule has 1 aliphatic rings. The maximum atomic E-state index is 13.1. The summed E-state index contributed by atoms with van der Waals surface area (Å²) in [6, 6.07) is 9.06. The summed E-state index contributed by atoms with van der Waals surface area (Å²) in [6.45, 7) is 1.87. The molecule has 0 unspecified atom stereocenters. The minimum Gasteiger partial charge on any atom is -0.381 e. The van der Waals surface area contributed by atoms with Crippen LogP contribution in [0.3, 0.4) is 0 Å². The first kappa shape index (κ1) is 20.6. The summed E-state index contributed by atoms with van der Waals surface area (Å²) in [4.78, 5) is 30.4. The Morgan fingerprint density at radius 2 is 2.00 bits per heavy atom. The number of aromatic nitrogens is 2. The molecule has 3 heterocycles. The van der Waals surface area contributed by atoms with E-state index in [1.165, 1.54) is 0 Å². The minimum absolute atomic E-state index is 0.127. The van der Waals surface area contributed by atoms with E-state index >= 15 is 0 Å². The predicted molar refractivity (Wildman–Crippen MR) is 117 cm³/mol. The topological polar surface area (TPSA) is 73.2 Å². The van der Waals surface area contributed by atoms with Crippen LogP contribution >= 0.6 is 11.6 Å². The van der Waals surface area contributed by atoms with Crippen molar-refractivity contribution in [3.63, 3.8) is 0 Å². The van der Waals surface area contributed by atoms with Crippen molar-refractivity contribution in [1.82, 2.24) is 14.9 Å². The summed E-state index contributed by atoms with van der Waals surface area (Å²) in [6.07, 6.45) is 6.12. The lowest BCUT2D eigenvalue weighted by Gasteiger charge is -2.21. The van der Waals surface area contributed by atoms with E-state index in [9.17, 15) is 9.59 Å². The van der Waals surface area contributed by atoms with Crippen LogP contribution in [-0.4, -0.2) is 28.7 Å². The van der Waals surface area contributed by atoms with Crippen LogP contribution in [0.5, 0.6) is 0 Å². The molecular formula is C23H24ClN3O3. The van der Waals surface area contributed by atoms with Crippen LogP contribution in [0.1, 0.15) is 34.5 Å². The van der Waals surface area contributed by atoms with Gasteiger partial charge in [0.2, 0.25) is 5.43 Å². The average molecular weight is 426 g/mol. The molecule has 30 heavy (non-hydrogen) atoms. The number of carbonyl (C=O) groups excluding carboxylic acids is 1. The fraction of sp³-hybridized carbons (Fsp3) is 0.348. The van der Waals surface area contributed by atoms with Crippen molar-refractivity contribution in [2.75, 3.05) is 13.2 Å². The third kappa shape index (κ3) is 4.55. The molecule has 7 heteroatoms. The molecule has 0 spiro atoms. The van der Waals surface area contributed by atoms with Crippen molar-refractivity contribution in [2.45, 2.75) is 25.8 Å². The number of hydrogen-bond donors (Lipinski definition) is 1. The Bertz CT molecular complexity index is 1120. The third-order valence-corrected chi connectivity index (χ3v) is 5.83. The number of nitrogens with zero attached hydrogens (tertiary/aromatic N) is 2. The number of amides is 1. The number of fused-ring (bicyclic) bond motifs is 1. The lowest BCUT2D eigenvalue weighted by atomic mass is 9.94. The van der Waals surface area contributed by atoms with Crippen LogP contribution in [0.2, 0.25) is 5.02 Å². The lowest BCUT2D eigenvalue weighted by molar-refractivity contribution is 0.0663. The molecule has 6 nitrogen and oxygen atoms in total. The monoisotopic (exact) mass is 425 g/mol. The Labute approximate surface area is 179 Å². The molecule has 1 N–H and O–H groups in total. The van der Waals surface area contributed by atoms with E-state index in [4.69, 9.17) is 16.3 Å². The molecule has 3 aromatic rings. The smallest absolute Gasteiger partial charge is 0.257 e. The molecule has 0 radical (unpaired) electrons. The molecule has 1 fully saturated rings. The first-order valence-electron chi connectivity index (χ1n) is 10.1. The van der Waals surface area contributed by atoms with Crippen molar-refractivity contribution in [3.8, 4) is 0 Å². The van der Waals surface area contributed by atoms with Gasteiger partial charge in [0, 0.05) is 49.1 Å². The van der Waals surface area contributed by atoms with Crippen molar-refractivity contribution in [3.05, 3.63) is 74.8 Å². The van der Waals surface area contributed by atoms with Crippen molar-refractivity contribution < 1.29 is 9.53 Å². The zero-order valence-corrected chi connectivity index (χ0v) is 17.6. The molecule has 4 rings (SSSR count). The van der Waals surface area contributed by atoms with Crippen LogP contribution in [0.4, 0.5) is 0 Å². The SMILES string of the molecule is Cn1cc(C(=O)NCc2ccc(Cl)cc2)c(=O)c2cc(CC3CCOCC3)ncc21. The number of hydrogen-bond acceptors (Lipinski definition) is 4. The molecule has 1 amide bonds. The van der Waals surface area contributed by atoms with Gasteiger partial charge in [0.25, 0.3) is 5.91 Å². The molecule has 0 bridgehead atoms. The second-order valence-electron chi connectivity index (χ2n) is 7.74. The zero-order valence-electron chi connectivity index (χ0n) is 16.9. The standard InChI is InChI=1S/C23H24ClN3O3/c1-27-14-20(23(29)26-12-16-2-4-17(24)5-3-16)22(28)19-11-18(25-13-21(19)27)10-15-6-8-30-9-7-15/h2-5,11,13-15H,6-10,12H2,1H3,(H,26,29). The maximum Gasteiger partial charge on any atom is 0.257 e. The highest BCUT2D eigenvalue weighted by Crippen LogP contribution is 2.21.